The molecule has 20 heavy (non-hydrogen) atoms. The average molecular weight is 362 g/mol. The van der Waals surface area contributed by atoms with Gasteiger partial charge in [0.2, 0.25) is 0 Å². The van der Waals surface area contributed by atoms with Crippen LogP contribution < -0.4 is 5.73 Å². The molecule has 0 aliphatic heterocycles. The van der Waals surface area contributed by atoms with E-state index in [1.165, 1.54) is 0 Å². The fourth-order valence-electron chi connectivity index (χ4n) is 1.94. The molecule has 0 heterocycles. The predicted molar refractivity (Wildman–Crippen MR) is 88.2 cm³/mol. The van der Waals surface area contributed by atoms with Crippen LogP contribution in [-0.4, -0.2) is 30.4 Å². The van der Waals surface area contributed by atoms with Gasteiger partial charge in [0.05, 0.1) is 10.6 Å². The van der Waals surface area contributed by atoms with Crippen molar-refractivity contribution in [2.75, 3.05) is 19.6 Å². The number of rotatable bonds is 6. The van der Waals surface area contributed by atoms with Crippen molar-refractivity contribution in [1.29, 1.82) is 0 Å². The summed E-state index contributed by atoms with van der Waals surface area (Å²) in [7, 11) is 0. The van der Waals surface area contributed by atoms with E-state index in [0.29, 0.717) is 30.2 Å². The number of carbonyl (C=O) groups is 1. The van der Waals surface area contributed by atoms with E-state index in [-0.39, 0.29) is 11.3 Å². The largest absolute Gasteiger partial charge is 0.338 e. The number of halogens is 2. The fourth-order valence-corrected chi connectivity index (χ4v) is 2.49. The Morgan fingerprint density at radius 3 is 2.65 bits per heavy atom. The van der Waals surface area contributed by atoms with Gasteiger partial charge in [0.1, 0.15) is 0 Å². The van der Waals surface area contributed by atoms with Crippen LogP contribution >= 0.6 is 27.5 Å². The van der Waals surface area contributed by atoms with E-state index in [0.717, 1.165) is 10.9 Å². The van der Waals surface area contributed by atoms with E-state index in [4.69, 9.17) is 17.3 Å². The molecule has 0 saturated carbocycles. The van der Waals surface area contributed by atoms with Crippen molar-refractivity contribution in [3.8, 4) is 0 Å². The van der Waals surface area contributed by atoms with Gasteiger partial charge in [-0.2, -0.15) is 0 Å². The summed E-state index contributed by atoms with van der Waals surface area (Å²) in [5, 5.41) is 0.477. The molecule has 3 nitrogen and oxygen atoms in total. The van der Waals surface area contributed by atoms with E-state index in [9.17, 15) is 4.79 Å². The molecular weight excluding hydrogens is 340 g/mol. The molecule has 1 rings (SSSR count). The highest BCUT2D eigenvalue weighted by atomic mass is 79.9. The molecule has 0 fully saturated rings. The number of benzene rings is 1. The lowest BCUT2D eigenvalue weighted by molar-refractivity contribution is 0.0689. The third-order valence-corrected chi connectivity index (χ3v) is 3.93. The van der Waals surface area contributed by atoms with Gasteiger partial charge in [-0.05, 0) is 36.6 Å². The van der Waals surface area contributed by atoms with Crippen LogP contribution in [0.25, 0.3) is 0 Å². The van der Waals surface area contributed by atoms with Gasteiger partial charge >= 0.3 is 0 Å². The first kappa shape index (κ1) is 17.5. The van der Waals surface area contributed by atoms with Crippen molar-refractivity contribution in [2.45, 2.75) is 27.2 Å². The smallest absolute Gasteiger partial charge is 0.255 e. The summed E-state index contributed by atoms with van der Waals surface area (Å²) in [6.07, 6.45) is 0.901. The zero-order valence-corrected chi connectivity index (χ0v) is 14.6. The van der Waals surface area contributed by atoms with Gasteiger partial charge in [-0.25, -0.2) is 0 Å². The SMILES string of the molecule is CCCN(CC(C)(C)CN)C(=O)c1cc(Br)ccc1Cl. The second-order valence-corrected chi connectivity index (χ2v) is 7.04. The zero-order chi connectivity index (χ0) is 15.3. The minimum Gasteiger partial charge on any atom is -0.338 e. The number of hydrogen-bond donors (Lipinski definition) is 1. The van der Waals surface area contributed by atoms with Gasteiger partial charge in [-0.3, -0.25) is 4.79 Å². The Bertz CT molecular complexity index is 477. The number of hydrogen-bond acceptors (Lipinski definition) is 2. The third-order valence-electron chi connectivity index (χ3n) is 3.11. The summed E-state index contributed by atoms with van der Waals surface area (Å²) in [5.41, 5.74) is 6.19. The van der Waals surface area contributed by atoms with Crippen molar-refractivity contribution in [3.05, 3.63) is 33.3 Å². The first-order valence-electron chi connectivity index (χ1n) is 6.75. The van der Waals surface area contributed by atoms with Gasteiger partial charge in [0.15, 0.2) is 0 Å². The van der Waals surface area contributed by atoms with E-state index in [1.54, 1.807) is 12.1 Å². The number of nitrogens with zero attached hydrogens (tertiary/aromatic N) is 1. The van der Waals surface area contributed by atoms with Crippen LogP contribution in [0.2, 0.25) is 5.02 Å². The normalized spacial score (nSPS) is 11.5. The van der Waals surface area contributed by atoms with Gasteiger partial charge in [0.25, 0.3) is 5.91 Å². The van der Waals surface area contributed by atoms with Gasteiger partial charge < -0.3 is 10.6 Å². The van der Waals surface area contributed by atoms with Crippen molar-refractivity contribution >= 4 is 33.4 Å². The van der Waals surface area contributed by atoms with Crippen LogP contribution in [0.1, 0.15) is 37.6 Å². The molecule has 0 aromatic heterocycles. The maximum Gasteiger partial charge on any atom is 0.255 e. The molecule has 1 aromatic rings. The van der Waals surface area contributed by atoms with E-state index < -0.39 is 0 Å². The minimum absolute atomic E-state index is 0.0420. The molecule has 0 aliphatic rings. The third kappa shape index (κ3) is 4.76. The molecule has 2 N–H and O–H groups in total. The van der Waals surface area contributed by atoms with Crippen molar-refractivity contribution in [3.63, 3.8) is 0 Å². The second-order valence-electron chi connectivity index (χ2n) is 5.72. The number of amides is 1. The Hall–Kier alpha value is -0.580. The fraction of sp³-hybridized carbons (Fsp3) is 0.533. The first-order chi connectivity index (χ1) is 9.30. The zero-order valence-electron chi connectivity index (χ0n) is 12.2. The summed E-state index contributed by atoms with van der Waals surface area (Å²) in [6, 6.07) is 5.33. The highest BCUT2D eigenvalue weighted by Gasteiger charge is 2.25. The lowest BCUT2D eigenvalue weighted by Gasteiger charge is -2.32. The summed E-state index contributed by atoms with van der Waals surface area (Å²) in [5.74, 6) is -0.0420. The molecule has 0 aliphatic carbocycles. The summed E-state index contributed by atoms with van der Waals surface area (Å²) < 4.78 is 0.847. The molecule has 0 atom stereocenters. The average Bonchev–Trinajstić information content (AvgIpc) is 2.40. The Kier molecular flexibility index (Phi) is 6.49. The summed E-state index contributed by atoms with van der Waals surface area (Å²) in [6.45, 7) is 8.03. The van der Waals surface area contributed by atoms with Crippen LogP contribution in [0, 0.1) is 5.41 Å². The van der Waals surface area contributed by atoms with Gasteiger partial charge in [-0.1, -0.05) is 48.3 Å². The van der Waals surface area contributed by atoms with E-state index in [1.807, 2.05) is 11.0 Å². The number of carbonyl (C=O) groups excluding carboxylic acids is 1. The van der Waals surface area contributed by atoms with Crippen LogP contribution in [0.4, 0.5) is 0 Å². The Morgan fingerprint density at radius 1 is 1.45 bits per heavy atom. The lowest BCUT2D eigenvalue weighted by atomic mass is 9.92. The van der Waals surface area contributed by atoms with Crippen LogP contribution in [0.3, 0.4) is 0 Å². The molecule has 0 saturated heterocycles. The van der Waals surface area contributed by atoms with Gasteiger partial charge in [-0.15, -0.1) is 0 Å². The molecule has 0 spiro atoms. The van der Waals surface area contributed by atoms with Crippen LogP contribution in [0.15, 0.2) is 22.7 Å². The lowest BCUT2D eigenvalue weighted by Crippen LogP contribution is -2.42. The summed E-state index contributed by atoms with van der Waals surface area (Å²) in [4.78, 5) is 14.5. The van der Waals surface area contributed by atoms with Crippen LogP contribution in [-0.2, 0) is 0 Å². The molecule has 0 bridgehead atoms. The Morgan fingerprint density at radius 2 is 2.10 bits per heavy atom. The van der Waals surface area contributed by atoms with Crippen molar-refractivity contribution < 1.29 is 4.79 Å². The topological polar surface area (TPSA) is 46.3 Å². The van der Waals surface area contributed by atoms with Gasteiger partial charge in [0, 0.05) is 17.6 Å². The predicted octanol–water partition coefficient (Wildman–Crippen LogP) is 3.94. The highest BCUT2D eigenvalue weighted by molar-refractivity contribution is 9.10. The van der Waals surface area contributed by atoms with E-state index >= 15 is 0 Å². The Labute approximate surface area is 134 Å². The maximum atomic E-state index is 12.7. The second kappa shape index (κ2) is 7.43. The molecule has 1 aromatic carbocycles. The molecular formula is C15H22BrClN2O. The van der Waals surface area contributed by atoms with Crippen molar-refractivity contribution in [1.82, 2.24) is 4.90 Å². The quantitative estimate of drug-likeness (QED) is 0.834. The standard InChI is InChI=1S/C15H22BrClN2O/c1-4-7-19(10-15(2,3)9-18)14(20)12-8-11(16)5-6-13(12)17/h5-6,8H,4,7,9-10,18H2,1-3H3. The molecule has 5 heteroatoms. The first-order valence-corrected chi connectivity index (χ1v) is 7.92. The molecule has 1 amide bonds. The monoisotopic (exact) mass is 360 g/mol. The molecule has 0 radical (unpaired) electrons. The van der Waals surface area contributed by atoms with Crippen LogP contribution in [0.5, 0.6) is 0 Å². The minimum atomic E-state index is -0.108. The van der Waals surface area contributed by atoms with E-state index in [2.05, 4.69) is 36.7 Å². The summed E-state index contributed by atoms with van der Waals surface area (Å²) >= 11 is 9.53. The maximum absolute atomic E-state index is 12.7. The highest BCUT2D eigenvalue weighted by Crippen LogP contribution is 2.24. The molecule has 112 valence electrons. The van der Waals surface area contributed by atoms with Crippen molar-refractivity contribution in [2.24, 2.45) is 11.1 Å². The Balaban J connectivity index is 3.02. The molecule has 0 unspecified atom stereocenters. The number of nitrogens with two attached hydrogens (primary N) is 1.